The monoisotopic (exact) mass is 553 g/mol. The van der Waals surface area contributed by atoms with Gasteiger partial charge in [0, 0.05) is 22.8 Å². The molecule has 0 radical (unpaired) electrons. The molecule has 210 valence electrons. The fraction of sp³-hybridized carbons (Fsp3) is 0.645. The number of nitrogens with zero attached hydrogens (tertiary/aromatic N) is 1. The number of fused-ring (bicyclic) bond motifs is 1. The van der Waals surface area contributed by atoms with Crippen molar-refractivity contribution < 1.29 is 19.1 Å². The molecule has 3 amide bonds. The summed E-state index contributed by atoms with van der Waals surface area (Å²) < 4.78 is 6.55. The highest BCUT2D eigenvalue weighted by atomic mass is 35.5. The van der Waals surface area contributed by atoms with Crippen LogP contribution in [0.25, 0.3) is 0 Å². The highest BCUT2D eigenvalue weighted by Gasteiger charge is 2.73. The molecule has 5 aliphatic rings. The van der Waals surface area contributed by atoms with E-state index in [0.29, 0.717) is 10.7 Å². The van der Waals surface area contributed by atoms with Gasteiger partial charge in [0.25, 0.3) is 0 Å². The van der Waals surface area contributed by atoms with E-state index in [1.807, 2.05) is 36.1 Å². The van der Waals surface area contributed by atoms with Crippen molar-refractivity contribution in [1.82, 2.24) is 10.2 Å². The van der Waals surface area contributed by atoms with E-state index in [2.05, 4.69) is 10.6 Å². The van der Waals surface area contributed by atoms with Crippen LogP contribution in [0.3, 0.4) is 0 Å². The van der Waals surface area contributed by atoms with E-state index in [1.54, 1.807) is 6.07 Å². The molecule has 3 heterocycles. The van der Waals surface area contributed by atoms with Crippen LogP contribution >= 0.6 is 11.6 Å². The lowest BCUT2D eigenvalue weighted by atomic mass is 9.74. The van der Waals surface area contributed by atoms with Crippen LogP contribution in [0.1, 0.15) is 82.6 Å². The molecule has 1 aromatic carbocycles. The second-order valence-electron chi connectivity index (χ2n) is 12.2. The molecule has 0 unspecified atom stereocenters. The second kappa shape index (κ2) is 10.9. The minimum absolute atomic E-state index is 0.0180. The average Bonchev–Trinajstić information content (AvgIpc) is 3.54. The highest BCUT2D eigenvalue weighted by Crippen LogP contribution is 2.56. The number of aryl methyl sites for hydroxylation is 1. The van der Waals surface area contributed by atoms with Gasteiger partial charge in [0.2, 0.25) is 17.7 Å². The Morgan fingerprint density at radius 1 is 0.974 bits per heavy atom. The summed E-state index contributed by atoms with van der Waals surface area (Å²) in [5.74, 6) is -1.93. The molecule has 2 saturated carbocycles. The molecule has 39 heavy (non-hydrogen) atoms. The number of hydrogen-bond acceptors (Lipinski definition) is 4. The molecule has 2 N–H and O–H groups in total. The van der Waals surface area contributed by atoms with Crippen LogP contribution in [0.4, 0.5) is 5.69 Å². The lowest BCUT2D eigenvalue weighted by molar-refractivity contribution is -0.144. The number of carbonyl (C=O) groups is 3. The van der Waals surface area contributed by atoms with E-state index in [1.165, 1.54) is 12.8 Å². The smallest absolute Gasteiger partial charge is 0.246 e. The van der Waals surface area contributed by atoms with Gasteiger partial charge >= 0.3 is 0 Å². The standard InChI is InChI=1S/C31H40ClN3O4/c1-19-14-15-21(18-23(19)32)34-28(36)25-24-16-17-31(39-24)26(25)30(38)35(22-12-8-3-2-4-9-13-22)27(31)29(37)33-20-10-6-5-7-11-20/h14-18,20,22,24-27H,2-13H2,1H3,(H,33,37)(H,34,36)/t24-,25+,26-,27+,31-/m0/s1. The molecule has 1 aromatic rings. The lowest BCUT2D eigenvalue weighted by Crippen LogP contribution is -2.58. The molecule has 1 spiro atoms. The fourth-order valence-corrected chi connectivity index (χ4v) is 7.92. The number of ether oxygens (including phenoxy) is 1. The van der Waals surface area contributed by atoms with Crippen molar-refractivity contribution in [2.45, 2.75) is 114 Å². The van der Waals surface area contributed by atoms with Crippen molar-refractivity contribution in [2.75, 3.05) is 5.32 Å². The van der Waals surface area contributed by atoms with Gasteiger partial charge in [0.05, 0.1) is 17.9 Å². The number of carbonyl (C=O) groups excluding carboxylic acids is 3. The van der Waals surface area contributed by atoms with Crippen LogP contribution in [0.5, 0.6) is 0 Å². The van der Waals surface area contributed by atoms with Gasteiger partial charge in [-0.25, -0.2) is 0 Å². The summed E-state index contributed by atoms with van der Waals surface area (Å²) in [4.78, 5) is 44.0. The number of anilines is 1. The molecule has 6 rings (SSSR count). The SMILES string of the molecule is Cc1ccc(NC(=O)[C@@H]2[C@@H]3C=C[C@]4(O3)[C@@H]2C(=O)N(C2CCCCCCC2)[C@@H]4C(=O)NC2CCCCC2)cc1Cl. The molecular weight excluding hydrogens is 514 g/mol. The Balaban J connectivity index is 1.32. The fourth-order valence-electron chi connectivity index (χ4n) is 7.74. The number of hydrogen-bond donors (Lipinski definition) is 2. The average molecular weight is 554 g/mol. The zero-order valence-corrected chi connectivity index (χ0v) is 23.6. The zero-order valence-electron chi connectivity index (χ0n) is 22.8. The molecule has 2 aliphatic carbocycles. The van der Waals surface area contributed by atoms with E-state index < -0.39 is 29.6 Å². The first-order valence-electron chi connectivity index (χ1n) is 15.0. The Morgan fingerprint density at radius 3 is 2.36 bits per heavy atom. The van der Waals surface area contributed by atoms with Gasteiger partial charge in [-0.1, -0.05) is 81.2 Å². The molecule has 4 fully saturated rings. The minimum atomic E-state index is -1.12. The summed E-state index contributed by atoms with van der Waals surface area (Å²) in [6, 6.07) is 4.76. The topological polar surface area (TPSA) is 87.7 Å². The van der Waals surface area contributed by atoms with Gasteiger partial charge in [-0.05, 0) is 50.3 Å². The van der Waals surface area contributed by atoms with Gasteiger partial charge in [-0.2, -0.15) is 0 Å². The zero-order chi connectivity index (χ0) is 27.1. The first-order chi connectivity index (χ1) is 18.9. The maximum atomic E-state index is 14.4. The third-order valence-electron chi connectivity index (χ3n) is 9.72. The quantitative estimate of drug-likeness (QED) is 0.484. The summed E-state index contributed by atoms with van der Waals surface area (Å²) in [7, 11) is 0. The van der Waals surface area contributed by atoms with Crippen molar-refractivity contribution in [3.63, 3.8) is 0 Å². The maximum Gasteiger partial charge on any atom is 0.246 e. The number of amides is 3. The largest absolute Gasteiger partial charge is 0.359 e. The van der Waals surface area contributed by atoms with Crippen LogP contribution in [0.15, 0.2) is 30.4 Å². The number of nitrogens with one attached hydrogen (secondary N) is 2. The molecule has 7 nitrogen and oxygen atoms in total. The third kappa shape index (κ3) is 4.80. The summed E-state index contributed by atoms with van der Waals surface area (Å²) in [6.45, 7) is 1.91. The van der Waals surface area contributed by atoms with Crippen LogP contribution in [-0.4, -0.2) is 52.5 Å². The number of rotatable bonds is 5. The molecule has 2 saturated heterocycles. The minimum Gasteiger partial charge on any atom is -0.359 e. The highest BCUT2D eigenvalue weighted by molar-refractivity contribution is 6.31. The molecular formula is C31H40ClN3O4. The third-order valence-corrected chi connectivity index (χ3v) is 10.1. The Morgan fingerprint density at radius 2 is 1.64 bits per heavy atom. The summed E-state index contributed by atoms with van der Waals surface area (Å²) >= 11 is 6.30. The van der Waals surface area contributed by atoms with Gasteiger partial charge in [-0.15, -0.1) is 0 Å². The van der Waals surface area contributed by atoms with E-state index in [9.17, 15) is 14.4 Å². The lowest BCUT2D eigenvalue weighted by Gasteiger charge is -2.38. The van der Waals surface area contributed by atoms with E-state index >= 15 is 0 Å². The number of halogens is 1. The maximum absolute atomic E-state index is 14.4. The van der Waals surface area contributed by atoms with Crippen LogP contribution in [0, 0.1) is 18.8 Å². The number of likely N-dealkylation sites (tertiary alicyclic amines) is 1. The molecule has 5 atom stereocenters. The van der Waals surface area contributed by atoms with E-state index in [4.69, 9.17) is 16.3 Å². The van der Waals surface area contributed by atoms with Gasteiger partial charge in [0.1, 0.15) is 11.6 Å². The van der Waals surface area contributed by atoms with E-state index in [0.717, 1.165) is 69.8 Å². The summed E-state index contributed by atoms with van der Waals surface area (Å²) in [6.07, 6.45) is 16.0. The molecule has 2 bridgehead atoms. The normalized spacial score (nSPS) is 33.1. The van der Waals surface area contributed by atoms with Gasteiger partial charge < -0.3 is 20.3 Å². The van der Waals surface area contributed by atoms with Crippen LogP contribution in [-0.2, 0) is 19.1 Å². The molecule has 3 aliphatic heterocycles. The Bertz CT molecular complexity index is 1160. The van der Waals surface area contributed by atoms with Crippen LogP contribution < -0.4 is 10.6 Å². The van der Waals surface area contributed by atoms with Crippen LogP contribution in [0.2, 0.25) is 5.02 Å². The van der Waals surface area contributed by atoms with Crippen molar-refractivity contribution in [2.24, 2.45) is 11.8 Å². The Labute approximate surface area is 236 Å². The van der Waals surface area contributed by atoms with Gasteiger partial charge in [0.15, 0.2) is 0 Å². The predicted molar refractivity (Wildman–Crippen MR) is 150 cm³/mol. The van der Waals surface area contributed by atoms with Crippen molar-refractivity contribution in [1.29, 1.82) is 0 Å². The van der Waals surface area contributed by atoms with E-state index in [-0.39, 0.29) is 29.8 Å². The Hall–Kier alpha value is -2.38. The first-order valence-corrected chi connectivity index (χ1v) is 15.3. The first kappa shape index (κ1) is 26.8. The second-order valence-corrected chi connectivity index (χ2v) is 12.6. The number of benzene rings is 1. The molecule has 8 heteroatoms. The summed E-state index contributed by atoms with van der Waals surface area (Å²) in [5, 5.41) is 6.85. The van der Waals surface area contributed by atoms with Gasteiger partial charge in [-0.3, -0.25) is 14.4 Å². The summed E-state index contributed by atoms with van der Waals surface area (Å²) in [5.41, 5.74) is 0.397. The van der Waals surface area contributed by atoms with Crippen molar-refractivity contribution in [3.8, 4) is 0 Å². The van der Waals surface area contributed by atoms with Crippen molar-refractivity contribution in [3.05, 3.63) is 40.9 Å². The van der Waals surface area contributed by atoms with Crippen molar-refractivity contribution >= 4 is 35.0 Å². The predicted octanol–water partition coefficient (Wildman–Crippen LogP) is 5.30. The Kier molecular flexibility index (Phi) is 7.49. The molecule has 0 aromatic heterocycles.